The Hall–Kier alpha value is -0.580. The van der Waals surface area contributed by atoms with Crippen LogP contribution in [-0.2, 0) is 10.0 Å². The third-order valence-corrected chi connectivity index (χ3v) is 4.14. The van der Waals surface area contributed by atoms with Gasteiger partial charge in [0, 0.05) is 11.6 Å². The third-order valence-electron chi connectivity index (χ3n) is 2.26. The molecule has 0 saturated heterocycles. The third kappa shape index (κ3) is 3.47. The molecule has 0 bridgehead atoms. The van der Waals surface area contributed by atoms with E-state index in [1.165, 1.54) is 6.07 Å². The lowest BCUT2D eigenvalue weighted by molar-refractivity contribution is 0.578. The summed E-state index contributed by atoms with van der Waals surface area (Å²) in [6.07, 6.45) is 1.80. The maximum atomic E-state index is 11.8. The molecule has 0 aromatic heterocycles. The minimum Gasteiger partial charge on any atom is -0.211 e. The number of nitrogens with one attached hydrogen (secondary N) is 1. The fraction of sp³-hybridized carbons (Fsp3) is 0.455. The smallest absolute Gasteiger partial charge is 0.211 e. The summed E-state index contributed by atoms with van der Waals surface area (Å²) < 4.78 is 26.2. The van der Waals surface area contributed by atoms with E-state index < -0.39 is 10.0 Å². The zero-order valence-electron chi connectivity index (χ0n) is 9.46. The van der Waals surface area contributed by atoms with E-state index in [2.05, 4.69) is 4.72 Å². The summed E-state index contributed by atoms with van der Waals surface area (Å²) in [7, 11) is -3.38. The molecule has 0 fully saturated rings. The maximum absolute atomic E-state index is 11.8. The second-order valence-electron chi connectivity index (χ2n) is 3.66. The number of benzene rings is 1. The first-order chi connectivity index (χ1) is 7.47. The van der Waals surface area contributed by atoms with E-state index in [9.17, 15) is 8.42 Å². The number of aryl methyl sites for hydroxylation is 1. The van der Waals surface area contributed by atoms with Crippen molar-refractivity contribution in [2.75, 3.05) is 6.54 Å². The number of halogens is 1. The molecule has 16 heavy (non-hydrogen) atoms. The average molecular weight is 262 g/mol. The van der Waals surface area contributed by atoms with Gasteiger partial charge in [0.25, 0.3) is 0 Å². The lowest BCUT2D eigenvalue weighted by Gasteiger charge is -2.07. The van der Waals surface area contributed by atoms with Crippen LogP contribution in [0.1, 0.15) is 25.3 Å². The Kier molecular flexibility index (Phi) is 4.77. The number of hydrogen-bond donors (Lipinski definition) is 1. The highest BCUT2D eigenvalue weighted by molar-refractivity contribution is 7.89. The summed E-state index contributed by atoms with van der Waals surface area (Å²) in [6, 6.07) is 4.70. The van der Waals surface area contributed by atoms with Gasteiger partial charge >= 0.3 is 0 Å². The number of unbranched alkanes of at least 4 members (excludes halogenated alkanes) is 1. The van der Waals surface area contributed by atoms with E-state index in [-0.39, 0.29) is 4.90 Å². The molecule has 0 aliphatic rings. The molecule has 0 saturated carbocycles. The van der Waals surface area contributed by atoms with E-state index in [0.717, 1.165) is 18.4 Å². The van der Waals surface area contributed by atoms with Gasteiger partial charge < -0.3 is 0 Å². The van der Waals surface area contributed by atoms with Crippen LogP contribution in [0.4, 0.5) is 0 Å². The molecule has 3 nitrogen and oxygen atoms in total. The zero-order chi connectivity index (χ0) is 12.2. The molecule has 0 aliphatic heterocycles. The molecule has 5 heteroatoms. The highest BCUT2D eigenvalue weighted by Gasteiger charge is 2.13. The number of hydrogen-bond acceptors (Lipinski definition) is 2. The Morgan fingerprint density at radius 1 is 1.38 bits per heavy atom. The number of sulfonamides is 1. The summed E-state index contributed by atoms with van der Waals surface area (Å²) in [5.41, 5.74) is 0.764. The molecule has 1 aromatic carbocycles. The Balaban J connectivity index is 2.86. The Morgan fingerprint density at radius 3 is 2.62 bits per heavy atom. The second kappa shape index (κ2) is 5.66. The molecule has 1 N–H and O–H groups in total. The maximum Gasteiger partial charge on any atom is 0.240 e. The van der Waals surface area contributed by atoms with Gasteiger partial charge in [-0.3, -0.25) is 0 Å². The molecular formula is C11H16ClNO2S. The van der Waals surface area contributed by atoms with Crippen LogP contribution in [-0.4, -0.2) is 15.0 Å². The minimum absolute atomic E-state index is 0.269. The van der Waals surface area contributed by atoms with E-state index in [4.69, 9.17) is 11.6 Å². The molecule has 0 heterocycles. The first kappa shape index (κ1) is 13.5. The van der Waals surface area contributed by atoms with Crippen LogP contribution >= 0.6 is 11.6 Å². The van der Waals surface area contributed by atoms with E-state index in [1.807, 2.05) is 6.92 Å². The topological polar surface area (TPSA) is 46.2 Å². The highest BCUT2D eigenvalue weighted by atomic mass is 35.5. The largest absolute Gasteiger partial charge is 0.240 e. The Bertz CT molecular complexity index is 457. The van der Waals surface area contributed by atoms with Gasteiger partial charge in [0.2, 0.25) is 10.0 Å². The van der Waals surface area contributed by atoms with Gasteiger partial charge in [0.1, 0.15) is 0 Å². The van der Waals surface area contributed by atoms with Crippen LogP contribution in [0, 0.1) is 6.92 Å². The zero-order valence-corrected chi connectivity index (χ0v) is 11.0. The summed E-state index contributed by atoms with van der Waals surface area (Å²) in [4.78, 5) is 0.269. The minimum atomic E-state index is -3.38. The molecule has 1 aromatic rings. The molecule has 0 amide bonds. The van der Waals surface area contributed by atoms with Crippen molar-refractivity contribution in [3.05, 3.63) is 28.8 Å². The van der Waals surface area contributed by atoms with Gasteiger partial charge in [0.05, 0.1) is 4.90 Å². The fourth-order valence-electron chi connectivity index (χ4n) is 1.25. The second-order valence-corrected chi connectivity index (χ2v) is 5.84. The van der Waals surface area contributed by atoms with Crippen molar-refractivity contribution >= 4 is 21.6 Å². The molecule has 1 rings (SSSR count). The molecule has 90 valence electrons. The number of rotatable bonds is 5. The SMILES string of the molecule is CCCCNS(=O)(=O)c1ccc(Cl)c(C)c1. The lowest BCUT2D eigenvalue weighted by Crippen LogP contribution is -2.24. The predicted molar refractivity (Wildman–Crippen MR) is 66.3 cm³/mol. The molecule has 0 unspecified atom stereocenters. The predicted octanol–water partition coefficient (Wildman–Crippen LogP) is 2.73. The van der Waals surface area contributed by atoms with E-state index in [1.54, 1.807) is 19.1 Å². The van der Waals surface area contributed by atoms with Crippen LogP contribution in [0.5, 0.6) is 0 Å². The molecular weight excluding hydrogens is 246 g/mol. The van der Waals surface area contributed by atoms with Gasteiger partial charge in [-0.15, -0.1) is 0 Å². The van der Waals surface area contributed by atoms with Crippen LogP contribution in [0.15, 0.2) is 23.1 Å². The van der Waals surface area contributed by atoms with Crippen LogP contribution in [0.2, 0.25) is 5.02 Å². The van der Waals surface area contributed by atoms with Gasteiger partial charge in [-0.25, -0.2) is 13.1 Å². The van der Waals surface area contributed by atoms with Crippen molar-refractivity contribution in [2.45, 2.75) is 31.6 Å². The Morgan fingerprint density at radius 2 is 2.06 bits per heavy atom. The first-order valence-electron chi connectivity index (χ1n) is 5.23. The van der Waals surface area contributed by atoms with Crippen molar-refractivity contribution < 1.29 is 8.42 Å². The van der Waals surface area contributed by atoms with E-state index in [0.29, 0.717) is 11.6 Å². The molecule has 0 atom stereocenters. The Labute approximate surface area is 102 Å². The molecule has 0 radical (unpaired) electrons. The standard InChI is InChI=1S/C11H16ClNO2S/c1-3-4-7-13-16(14,15)10-5-6-11(12)9(2)8-10/h5-6,8,13H,3-4,7H2,1-2H3. The van der Waals surface area contributed by atoms with Crippen LogP contribution < -0.4 is 4.72 Å². The molecule has 0 spiro atoms. The summed E-state index contributed by atoms with van der Waals surface area (Å²) in [5, 5.41) is 0.576. The van der Waals surface area contributed by atoms with Crippen molar-refractivity contribution in [2.24, 2.45) is 0 Å². The average Bonchev–Trinajstić information content (AvgIpc) is 2.22. The van der Waals surface area contributed by atoms with Gasteiger partial charge in [-0.05, 0) is 37.1 Å². The lowest BCUT2D eigenvalue weighted by atomic mass is 10.2. The van der Waals surface area contributed by atoms with E-state index >= 15 is 0 Å². The normalized spacial score (nSPS) is 11.7. The van der Waals surface area contributed by atoms with Gasteiger partial charge in [-0.2, -0.15) is 0 Å². The van der Waals surface area contributed by atoms with Gasteiger partial charge in [-0.1, -0.05) is 24.9 Å². The molecule has 0 aliphatic carbocycles. The van der Waals surface area contributed by atoms with Crippen molar-refractivity contribution in [3.8, 4) is 0 Å². The first-order valence-corrected chi connectivity index (χ1v) is 7.09. The van der Waals surface area contributed by atoms with Crippen LogP contribution in [0.25, 0.3) is 0 Å². The summed E-state index contributed by atoms with van der Waals surface area (Å²) in [5.74, 6) is 0. The summed E-state index contributed by atoms with van der Waals surface area (Å²) in [6.45, 7) is 4.27. The van der Waals surface area contributed by atoms with Crippen molar-refractivity contribution in [1.82, 2.24) is 4.72 Å². The quantitative estimate of drug-likeness (QED) is 0.829. The van der Waals surface area contributed by atoms with Crippen molar-refractivity contribution in [1.29, 1.82) is 0 Å². The monoisotopic (exact) mass is 261 g/mol. The summed E-state index contributed by atoms with van der Waals surface area (Å²) >= 11 is 5.84. The highest BCUT2D eigenvalue weighted by Crippen LogP contribution is 2.19. The fourth-order valence-corrected chi connectivity index (χ4v) is 2.53. The van der Waals surface area contributed by atoms with Crippen molar-refractivity contribution in [3.63, 3.8) is 0 Å². The van der Waals surface area contributed by atoms with Crippen LogP contribution in [0.3, 0.4) is 0 Å². The van der Waals surface area contributed by atoms with Gasteiger partial charge in [0.15, 0.2) is 0 Å².